The van der Waals surface area contributed by atoms with Crippen molar-refractivity contribution in [1.29, 1.82) is 0 Å². The van der Waals surface area contributed by atoms with Gasteiger partial charge in [0.15, 0.2) is 0 Å². The lowest BCUT2D eigenvalue weighted by atomic mass is 10.1. The monoisotopic (exact) mass is 388 g/mol. The SMILES string of the molecule is COc1ccccc1CC(=O)Nc1ccc(Cc2nc3ccccc3s2)cc1. The third kappa shape index (κ3) is 4.21. The predicted molar refractivity (Wildman–Crippen MR) is 114 cm³/mol. The second-order valence-electron chi connectivity index (χ2n) is 6.49. The zero-order valence-electron chi connectivity index (χ0n) is 15.5. The molecule has 4 nitrogen and oxygen atoms in total. The topological polar surface area (TPSA) is 51.2 Å². The molecule has 0 saturated carbocycles. The maximum absolute atomic E-state index is 12.4. The Balaban J connectivity index is 1.39. The number of carbonyl (C=O) groups excluding carboxylic acids is 1. The molecule has 1 heterocycles. The summed E-state index contributed by atoms with van der Waals surface area (Å²) in [4.78, 5) is 17.0. The van der Waals surface area contributed by atoms with Gasteiger partial charge in [-0.3, -0.25) is 4.79 Å². The first-order valence-corrected chi connectivity index (χ1v) is 9.88. The number of ether oxygens (including phenoxy) is 1. The summed E-state index contributed by atoms with van der Waals surface area (Å²) in [6.07, 6.45) is 1.06. The summed E-state index contributed by atoms with van der Waals surface area (Å²) in [5, 5.41) is 4.04. The first-order chi connectivity index (χ1) is 13.7. The van der Waals surface area contributed by atoms with Gasteiger partial charge in [0.1, 0.15) is 5.75 Å². The molecular weight excluding hydrogens is 368 g/mol. The molecule has 140 valence electrons. The van der Waals surface area contributed by atoms with Gasteiger partial charge < -0.3 is 10.1 Å². The van der Waals surface area contributed by atoms with Gasteiger partial charge in [0, 0.05) is 17.7 Å². The van der Waals surface area contributed by atoms with E-state index in [0.717, 1.165) is 33.9 Å². The van der Waals surface area contributed by atoms with E-state index in [9.17, 15) is 4.79 Å². The fourth-order valence-corrected chi connectivity index (χ4v) is 4.10. The lowest BCUT2D eigenvalue weighted by Gasteiger charge is -2.09. The van der Waals surface area contributed by atoms with Crippen molar-refractivity contribution in [2.24, 2.45) is 0 Å². The van der Waals surface area contributed by atoms with Gasteiger partial charge in [-0.1, -0.05) is 42.5 Å². The van der Waals surface area contributed by atoms with Crippen LogP contribution in [0.25, 0.3) is 10.2 Å². The summed E-state index contributed by atoms with van der Waals surface area (Å²) in [5.74, 6) is 0.659. The molecule has 0 aliphatic rings. The largest absolute Gasteiger partial charge is 0.496 e. The molecule has 28 heavy (non-hydrogen) atoms. The highest BCUT2D eigenvalue weighted by molar-refractivity contribution is 7.18. The molecule has 4 rings (SSSR count). The molecule has 0 atom stereocenters. The highest BCUT2D eigenvalue weighted by Gasteiger charge is 2.09. The zero-order valence-corrected chi connectivity index (χ0v) is 16.3. The van der Waals surface area contributed by atoms with Crippen molar-refractivity contribution >= 4 is 33.1 Å². The first kappa shape index (κ1) is 18.2. The van der Waals surface area contributed by atoms with E-state index in [2.05, 4.69) is 16.4 Å². The number of nitrogens with zero attached hydrogens (tertiary/aromatic N) is 1. The fourth-order valence-electron chi connectivity index (χ4n) is 3.10. The second kappa shape index (κ2) is 8.23. The van der Waals surface area contributed by atoms with Crippen molar-refractivity contribution in [2.75, 3.05) is 12.4 Å². The Labute approximate surface area is 167 Å². The Morgan fingerprint density at radius 1 is 1.00 bits per heavy atom. The Kier molecular flexibility index (Phi) is 5.35. The summed E-state index contributed by atoms with van der Waals surface area (Å²) >= 11 is 1.72. The number of benzene rings is 3. The van der Waals surface area contributed by atoms with Crippen LogP contribution >= 0.6 is 11.3 Å². The molecule has 0 radical (unpaired) electrons. The minimum atomic E-state index is -0.0663. The number of para-hydroxylation sites is 2. The maximum Gasteiger partial charge on any atom is 0.228 e. The normalized spacial score (nSPS) is 10.8. The number of methoxy groups -OCH3 is 1. The Hall–Kier alpha value is -3.18. The summed E-state index contributed by atoms with van der Waals surface area (Å²) in [6, 6.07) is 23.7. The van der Waals surface area contributed by atoms with E-state index in [4.69, 9.17) is 4.74 Å². The van der Waals surface area contributed by atoms with Crippen LogP contribution in [-0.4, -0.2) is 18.0 Å². The van der Waals surface area contributed by atoms with Gasteiger partial charge >= 0.3 is 0 Å². The number of aromatic nitrogens is 1. The van der Waals surface area contributed by atoms with Gasteiger partial charge in [0.25, 0.3) is 0 Å². The molecule has 0 aliphatic heterocycles. The number of fused-ring (bicyclic) bond motifs is 1. The van der Waals surface area contributed by atoms with E-state index >= 15 is 0 Å². The third-order valence-electron chi connectivity index (χ3n) is 4.47. The van der Waals surface area contributed by atoms with Crippen molar-refractivity contribution in [2.45, 2.75) is 12.8 Å². The minimum absolute atomic E-state index is 0.0663. The first-order valence-electron chi connectivity index (χ1n) is 9.06. The summed E-state index contributed by atoms with van der Waals surface area (Å²) in [5.41, 5.74) is 3.87. The van der Waals surface area contributed by atoms with Crippen molar-refractivity contribution in [3.63, 3.8) is 0 Å². The van der Waals surface area contributed by atoms with Crippen molar-refractivity contribution in [1.82, 2.24) is 4.98 Å². The average molecular weight is 388 g/mol. The van der Waals surface area contributed by atoms with Crippen molar-refractivity contribution in [3.8, 4) is 5.75 Å². The van der Waals surface area contributed by atoms with Crippen molar-refractivity contribution < 1.29 is 9.53 Å². The van der Waals surface area contributed by atoms with Crippen LogP contribution in [0.1, 0.15) is 16.1 Å². The molecule has 3 aromatic carbocycles. The quantitative estimate of drug-likeness (QED) is 0.501. The Morgan fingerprint density at radius 3 is 2.54 bits per heavy atom. The molecule has 1 amide bonds. The lowest BCUT2D eigenvalue weighted by Crippen LogP contribution is -2.14. The number of thiazole rings is 1. The molecule has 1 aromatic heterocycles. The molecular formula is C23H20N2O2S. The van der Waals surface area contributed by atoms with Crippen LogP contribution in [0.4, 0.5) is 5.69 Å². The van der Waals surface area contributed by atoms with Crippen LogP contribution in [0.5, 0.6) is 5.75 Å². The predicted octanol–water partition coefficient (Wildman–Crippen LogP) is 5.08. The van der Waals surface area contributed by atoms with Crippen LogP contribution in [0.3, 0.4) is 0 Å². The number of rotatable bonds is 6. The van der Waals surface area contributed by atoms with Crippen LogP contribution in [0, 0.1) is 0 Å². The number of carbonyl (C=O) groups is 1. The Morgan fingerprint density at radius 2 is 1.75 bits per heavy atom. The van der Waals surface area contributed by atoms with E-state index in [0.29, 0.717) is 0 Å². The van der Waals surface area contributed by atoms with E-state index < -0.39 is 0 Å². The van der Waals surface area contributed by atoms with Gasteiger partial charge in [0.2, 0.25) is 5.91 Å². The van der Waals surface area contributed by atoms with E-state index in [1.165, 1.54) is 10.3 Å². The zero-order chi connectivity index (χ0) is 19.3. The van der Waals surface area contributed by atoms with Gasteiger partial charge in [-0.05, 0) is 35.9 Å². The smallest absolute Gasteiger partial charge is 0.228 e. The highest BCUT2D eigenvalue weighted by atomic mass is 32.1. The molecule has 0 fully saturated rings. The summed E-state index contributed by atoms with van der Waals surface area (Å²) < 4.78 is 6.51. The molecule has 1 N–H and O–H groups in total. The van der Waals surface area contributed by atoms with Gasteiger partial charge in [0.05, 0.1) is 28.8 Å². The lowest BCUT2D eigenvalue weighted by molar-refractivity contribution is -0.115. The number of anilines is 1. The molecule has 0 bridgehead atoms. The molecule has 0 aliphatic carbocycles. The summed E-state index contributed by atoms with van der Waals surface area (Å²) in [6.45, 7) is 0. The third-order valence-corrected chi connectivity index (χ3v) is 5.51. The van der Waals surface area contributed by atoms with Crippen LogP contribution in [0.2, 0.25) is 0 Å². The molecule has 4 aromatic rings. The van der Waals surface area contributed by atoms with E-state index in [1.807, 2.05) is 66.7 Å². The Bertz CT molecular complexity index is 1070. The number of amides is 1. The standard InChI is InChI=1S/C23H20N2O2S/c1-27-20-8-4-2-6-17(20)15-22(26)24-18-12-10-16(11-13-18)14-23-25-19-7-3-5-9-21(19)28-23/h2-13H,14-15H2,1H3,(H,24,26). The van der Waals surface area contributed by atoms with Gasteiger partial charge in [-0.15, -0.1) is 11.3 Å². The highest BCUT2D eigenvalue weighted by Crippen LogP contribution is 2.24. The van der Waals surface area contributed by atoms with Gasteiger partial charge in [-0.25, -0.2) is 4.98 Å². The van der Waals surface area contributed by atoms with Gasteiger partial charge in [-0.2, -0.15) is 0 Å². The van der Waals surface area contributed by atoms with Crippen LogP contribution in [-0.2, 0) is 17.6 Å². The van der Waals surface area contributed by atoms with E-state index in [-0.39, 0.29) is 12.3 Å². The van der Waals surface area contributed by atoms with Crippen LogP contribution in [0.15, 0.2) is 72.8 Å². The molecule has 0 spiro atoms. The second-order valence-corrected chi connectivity index (χ2v) is 7.60. The number of hydrogen-bond acceptors (Lipinski definition) is 4. The average Bonchev–Trinajstić information content (AvgIpc) is 3.12. The molecule has 0 unspecified atom stereocenters. The molecule has 0 saturated heterocycles. The number of nitrogens with one attached hydrogen (secondary N) is 1. The van der Waals surface area contributed by atoms with Crippen LogP contribution < -0.4 is 10.1 Å². The maximum atomic E-state index is 12.4. The minimum Gasteiger partial charge on any atom is -0.496 e. The van der Waals surface area contributed by atoms with Crippen molar-refractivity contribution in [3.05, 3.63) is 88.9 Å². The summed E-state index contributed by atoms with van der Waals surface area (Å²) in [7, 11) is 1.61. The van der Waals surface area contributed by atoms with E-state index in [1.54, 1.807) is 18.4 Å². The molecule has 5 heteroatoms. The number of hydrogen-bond donors (Lipinski definition) is 1. The fraction of sp³-hybridized carbons (Fsp3) is 0.130.